The zero-order valence-corrected chi connectivity index (χ0v) is 12.8. The normalized spacial score (nSPS) is 9.81. The van der Waals surface area contributed by atoms with Crippen molar-refractivity contribution in [3.63, 3.8) is 0 Å². The Morgan fingerprint density at radius 1 is 1.10 bits per heavy atom. The van der Waals surface area contributed by atoms with Gasteiger partial charge in [0, 0.05) is 12.0 Å². The summed E-state index contributed by atoms with van der Waals surface area (Å²) in [6.45, 7) is 3.20. The van der Waals surface area contributed by atoms with E-state index in [1.54, 1.807) is 11.3 Å². The maximum atomic E-state index is 8.74. The number of aliphatic hydroxyl groups is 1. The molecule has 0 bridgehead atoms. The summed E-state index contributed by atoms with van der Waals surface area (Å²) < 4.78 is 11.2. The molecule has 3 nitrogen and oxygen atoms in total. The number of rotatable bonds is 6. The van der Waals surface area contributed by atoms with E-state index >= 15 is 0 Å². The van der Waals surface area contributed by atoms with Gasteiger partial charge in [0.2, 0.25) is 0 Å². The first-order chi connectivity index (χ1) is 10.3. The van der Waals surface area contributed by atoms with Gasteiger partial charge < -0.3 is 14.6 Å². The molecule has 0 spiro atoms. The van der Waals surface area contributed by atoms with Gasteiger partial charge in [-0.2, -0.15) is 0 Å². The average molecular weight is 302 g/mol. The van der Waals surface area contributed by atoms with Crippen molar-refractivity contribution >= 4 is 11.3 Å². The first-order valence-electron chi connectivity index (χ1n) is 6.85. The Kier molecular flexibility index (Phi) is 6.14. The second kappa shape index (κ2) is 8.35. The highest BCUT2D eigenvalue weighted by Gasteiger charge is 2.03. The van der Waals surface area contributed by atoms with Gasteiger partial charge in [0.15, 0.2) is 0 Å². The highest BCUT2D eigenvalue weighted by atomic mass is 32.1. The van der Waals surface area contributed by atoms with Crippen molar-refractivity contribution < 1.29 is 14.6 Å². The van der Waals surface area contributed by atoms with Crippen LogP contribution < -0.4 is 9.47 Å². The number of hydrogen-bond acceptors (Lipinski definition) is 4. The summed E-state index contributed by atoms with van der Waals surface area (Å²) in [6, 6.07) is 9.57. The van der Waals surface area contributed by atoms with E-state index in [-0.39, 0.29) is 6.61 Å². The van der Waals surface area contributed by atoms with E-state index < -0.39 is 0 Å². The largest absolute Gasteiger partial charge is 0.494 e. The van der Waals surface area contributed by atoms with Crippen LogP contribution in [0.1, 0.15) is 23.8 Å². The summed E-state index contributed by atoms with van der Waals surface area (Å²) in [6.07, 6.45) is 0.495. The number of aliphatic hydroxyl groups excluding tert-OH is 1. The average Bonchev–Trinajstić information content (AvgIpc) is 2.95. The number of hydrogen-bond donors (Lipinski definition) is 1. The summed E-state index contributed by atoms with van der Waals surface area (Å²) in [4.78, 5) is 1.09. The Hall–Kier alpha value is -1.96. The molecule has 0 atom stereocenters. The third-order valence-corrected chi connectivity index (χ3v) is 3.60. The molecule has 110 valence electrons. The first-order valence-corrected chi connectivity index (χ1v) is 7.73. The molecule has 2 aromatic rings. The fourth-order valence-electron chi connectivity index (χ4n) is 1.73. The molecule has 1 N–H and O–H groups in total. The van der Waals surface area contributed by atoms with Crippen LogP contribution in [0.3, 0.4) is 0 Å². The topological polar surface area (TPSA) is 38.7 Å². The fourth-order valence-corrected chi connectivity index (χ4v) is 2.47. The van der Waals surface area contributed by atoms with Crippen LogP contribution in [0.25, 0.3) is 0 Å². The van der Waals surface area contributed by atoms with Crippen LogP contribution in [0.15, 0.2) is 35.7 Å². The van der Waals surface area contributed by atoms with Gasteiger partial charge in [-0.05, 0) is 42.6 Å². The number of benzene rings is 1. The van der Waals surface area contributed by atoms with Crippen LogP contribution in [0, 0.1) is 11.8 Å². The van der Waals surface area contributed by atoms with Crippen LogP contribution in [0.2, 0.25) is 0 Å². The van der Waals surface area contributed by atoms with E-state index in [2.05, 4.69) is 11.8 Å². The van der Waals surface area contributed by atoms with E-state index in [9.17, 15) is 0 Å². The minimum Gasteiger partial charge on any atom is -0.494 e. The molecule has 0 aliphatic carbocycles. The van der Waals surface area contributed by atoms with Gasteiger partial charge in [-0.3, -0.25) is 0 Å². The van der Waals surface area contributed by atoms with E-state index in [1.165, 1.54) is 0 Å². The highest BCUT2D eigenvalue weighted by molar-refractivity contribution is 7.10. The lowest BCUT2D eigenvalue weighted by Gasteiger charge is -2.07. The predicted octanol–water partition coefficient (Wildman–Crippen LogP) is 3.46. The third-order valence-electron chi connectivity index (χ3n) is 2.71. The number of thiophene rings is 1. The minimum absolute atomic E-state index is 0.0924. The molecule has 21 heavy (non-hydrogen) atoms. The van der Waals surface area contributed by atoms with Crippen molar-refractivity contribution in [2.24, 2.45) is 0 Å². The molecule has 4 heteroatoms. The Bertz CT molecular complexity index is 605. The molecule has 0 radical (unpaired) electrons. The Labute approximate surface area is 129 Å². The SMILES string of the molecule is CCOc1ccc(OCc2sccc2C#CCCO)cc1. The molecule has 1 heterocycles. The zero-order chi connectivity index (χ0) is 14.9. The van der Waals surface area contributed by atoms with Gasteiger partial charge >= 0.3 is 0 Å². The molecule has 0 saturated heterocycles. The zero-order valence-electron chi connectivity index (χ0n) is 12.0. The monoisotopic (exact) mass is 302 g/mol. The van der Waals surface area contributed by atoms with Crippen LogP contribution >= 0.6 is 11.3 Å². The van der Waals surface area contributed by atoms with Crippen LogP contribution in [0.4, 0.5) is 0 Å². The van der Waals surface area contributed by atoms with E-state index in [0.29, 0.717) is 19.6 Å². The Balaban J connectivity index is 1.94. The lowest BCUT2D eigenvalue weighted by Crippen LogP contribution is -1.95. The summed E-state index contributed by atoms with van der Waals surface area (Å²) >= 11 is 1.62. The number of ether oxygens (including phenoxy) is 2. The lowest BCUT2D eigenvalue weighted by atomic mass is 10.2. The Morgan fingerprint density at radius 3 is 2.48 bits per heavy atom. The molecule has 0 aliphatic rings. The van der Waals surface area contributed by atoms with Crippen molar-refractivity contribution in [1.29, 1.82) is 0 Å². The van der Waals surface area contributed by atoms with Gasteiger partial charge in [0.05, 0.1) is 18.1 Å². The quantitative estimate of drug-likeness (QED) is 0.831. The van der Waals surface area contributed by atoms with Crippen LogP contribution in [-0.4, -0.2) is 18.3 Å². The second-order valence-electron chi connectivity index (χ2n) is 4.23. The molecule has 2 rings (SSSR count). The van der Waals surface area contributed by atoms with Crippen molar-refractivity contribution in [2.45, 2.75) is 20.0 Å². The van der Waals surface area contributed by atoms with Gasteiger partial charge in [-0.25, -0.2) is 0 Å². The van der Waals surface area contributed by atoms with Gasteiger partial charge in [0.1, 0.15) is 18.1 Å². The third kappa shape index (κ3) is 4.82. The Morgan fingerprint density at radius 2 is 1.81 bits per heavy atom. The molecule has 1 aromatic heterocycles. The lowest BCUT2D eigenvalue weighted by molar-refractivity contribution is 0.305. The summed E-state index contributed by atoms with van der Waals surface area (Å²) in [7, 11) is 0. The van der Waals surface area contributed by atoms with Crippen molar-refractivity contribution in [3.05, 3.63) is 46.2 Å². The standard InChI is InChI=1S/C17H18O3S/c1-2-19-15-6-8-16(9-7-15)20-13-17-14(10-12-21-17)5-3-4-11-18/h6-10,12,18H,2,4,11,13H2,1H3. The molecular formula is C17H18O3S. The van der Waals surface area contributed by atoms with E-state index in [0.717, 1.165) is 21.9 Å². The fraction of sp³-hybridized carbons (Fsp3) is 0.294. The van der Waals surface area contributed by atoms with E-state index in [4.69, 9.17) is 14.6 Å². The molecule has 0 unspecified atom stereocenters. The summed E-state index contributed by atoms with van der Waals surface area (Å²) in [5.74, 6) is 7.64. The second-order valence-corrected chi connectivity index (χ2v) is 5.23. The van der Waals surface area contributed by atoms with Crippen LogP contribution in [0.5, 0.6) is 11.5 Å². The summed E-state index contributed by atoms with van der Waals surface area (Å²) in [5, 5.41) is 10.7. The van der Waals surface area contributed by atoms with Gasteiger partial charge in [0.25, 0.3) is 0 Å². The highest BCUT2D eigenvalue weighted by Crippen LogP contribution is 2.21. The smallest absolute Gasteiger partial charge is 0.124 e. The minimum atomic E-state index is 0.0924. The maximum Gasteiger partial charge on any atom is 0.124 e. The molecule has 0 saturated carbocycles. The van der Waals surface area contributed by atoms with Crippen molar-refractivity contribution in [2.75, 3.05) is 13.2 Å². The molecule has 0 amide bonds. The van der Waals surface area contributed by atoms with Gasteiger partial charge in [-0.15, -0.1) is 11.3 Å². The molecule has 0 fully saturated rings. The van der Waals surface area contributed by atoms with Crippen molar-refractivity contribution in [1.82, 2.24) is 0 Å². The maximum absolute atomic E-state index is 8.74. The first kappa shape index (κ1) is 15.4. The van der Waals surface area contributed by atoms with Crippen molar-refractivity contribution in [3.8, 4) is 23.3 Å². The molecular weight excluding hydrogens is 284 g/mol. The van der Waals surface area contributed by atoms with Crippen LogP contribution in [-0.2, 0) is 6.61 Å². The van der Waals surface area contributed by atoms with E-state index in [1.807, 2.05) is 42.6 Å². The summed E-state index contributed by atoms with van der Waals surface area (Å²) in [5.41, 5.74) is 0.972. The molecule has 0 aliphatic heterocycles. The van der Waals surface area contributed by atoms with Gasteiger partial charge in [-0.1, -0.05) is 11.8 Å². The predicted molar refractivity (Wildman–Crippen MR) is 84.8 cm³/mol. The molecule has 1 aromatic carbocycles.